The number of halogens is 2. The number of carbonyl (C=O) groups is 2. The van der Waals surface area contributed by atoms with Crippen molar-refractivity contribution in [1.82, 2.24) is 10.7 Å². The van der Waals surface area contributed by atoms with Crippen molar-refractivity contribution in [2.24, 2.45) is 5.10 Å². The number of benzene rings is 3. The van der Waals surface area contributed by atoms with Crippen LogP contribution in [0, 0.1) is 0 Å². The highest BCUT2D eigenvalue weighted by Crippen LogP contribution is 2.32. The van der Waals surface area contributed by atoms with Gasteiger partial charge < -0.3 is 19.5 Å². The third kappa shape index (κ3) is 6.18. The standard InChI is InChI=1S/C24H19Cl2N3O5/c25-18-3-1-2-15(8-18)13-32-20-7-5-19(26)9-17(20)11-28-29-23(30)12-27-24(31)16-4-6-21-22(10-16)34-14-33-21/h1-11H,12-14H2,(H,27,31)(H,29,30). The molecule has 0 aliphatic carbocycles. The SMILES string of the molecule is O=C(CNC(=O)c1ccc2c(c1)OCO2)NN=Cc1cc(Cl)ccc1OCc1cccc(Cl)c1. The molecule has 0 radical (unpaired) electrons. The van der Waals surface area contributed by atoms with Crippen molar-refractivity contribution < 1.29 is 23.8 Å². The van der Waals surface area contributed by atoms with Crippen molar-refractivity contribution in [1.29, 1.82) is 0 Å². The summed E-state index contributed by atoms with van der Waals surface area (Å²) in [5, 5.41) is 7.57. The van der Waals surface area contributed by atoms with E-state index in [1.165, 1.54) is 6.21 Å². The summed E-state index contributed by atoms with van der Waals surface area (Å²) < 4.78 is 16.3. The molecule has 1 aliphatic rings. The van der Waals surface area contributed by atoms with Gasteiger partial charge in [0, 0.05) is 21.2 Å². The summed E-state index contributed by atoms with van der Waals surface area (Å²) in [6.45, 7) is 0.139. The number of hydrazone groups is 1. The Hall–Kier alpha value is -3.75. The minimum atomic E-state index is -0.506. The van der Waals surface area contributed by atoms with Crippen LogP contribution < -0.4 is 25.0 Å². The maximum atomic E-state index is 12.3. The largest absolute Gasteiger partial charge is 0.488 e. The molecule has 0 aromatic heterocycles. The molecule has 0 saturated heterocycles. The number of hydrogen-bond acceptors (Lipinski definition) is 6. The predicted octanol–water partition coefficient (Wildman–Crippen LogP) is 4.18. The van der Waals surface area contributed by atoms with Crippen molar-refractivity contribution in [3.8, 4) is 17.2 Å². The van der Waals surface area contributed by atoms with E-state index in [1.54, 1.807) is 42.5 Å². The van der Waals surface area contributed by atoms with Crippen LogP contribution >= 0.6 is 23.2 Å². The number of nitrogens with one attached hydrogen (secondary N) is 2. The fourth-order valence-electron chi connectivity index (χ4n) is 3.05. The van der Waals surface area contributed by atoms with E-state index in [-0.39, 0.29) is 13.3 Å². The number of ether oxygens (including phenoxy) is 3. The minimum Gasteiger partial charge on any atom is -0.488 e. The Morgan fingerprint density at radius 1 is 1.00 bits per heavy atom. The monoisotopic (exact) mass is 499 g/mol. The van der Waals surface area contributed by atoms with Gasteiger partial charge in [-0.05, 0) is 54.1 Å². The molecule has 174 valence electrons. The van der Waals surface area contributed by atoms with E-state index >= 15 is 0 Å². The van der Waals surface area contributed by atoms with Crippen molar-refractivity contribution in [2.75, 3.05) is 13.3 Å². The molecule has 2 N–H and O–H groups in total. The smallest absolute Gasteiger partial charge is 0.259 e. The fraction of sp³-hybridized carbons (Fsp3) is 0.125. The number of fused-ring (bicyclic) bond motifs is 1. The summed E-state index contributed by atoms with van der Waals surface area (Å²) in [5.41, 5.74) is 4.18. The van der Waals surface area contributed by atoms with E-state index < -0.39 is 11.8 Å². The molecule has 3 aromatic carbocycles. The number of hydrogen-bond donors (Lipinski definition) is 2. The molecule has 3 aromatic rings. The zero-order valence-electron chi connectivity index (χ0n) is 17.7. The number of nitrogens with zero attached hydrogens (tertiary/aromatic N) is 1. The molecule has 0 bridgehead atoms. The summed E-state index contributed by atoms with van der Waals surface area (Å²) in [7, 11) is 0. The number of amides is 2. The van der Waals surface area contributed by atoms with Gasteiger partial charge in [-0.3, -0.25) is 9.59 Å². The number of rotatable bonds is 8. The van der Waals surface area contributed by atoms with E-state index in [4.69, 9.17) is 37.4 Å². The summed E-state index contributed by atoms with van der Waals surface area (Å²) >= 11 is 12.1. The van der Waals surface area contributed by atoms with Gasteiger partial charge >= 0.3 is 0 Å². The lowest BCUT2D eigenvalue weighted by Gasteiger charge is -2.10. The summed E-state index contributed by atoms with van der Waals surface area (Å²) in [4.78, 5) is 24.4. The molecule has 4 rings (SSSR count). The molecule has 0 unspecified atom stereocenters. The summed E-state index contributed by atoms with van der Waals surface area (Å²) in [6.07, 6.45) is 1.41. The Morgan fingerprint density at radius 2 is 1.82 bits per heavy atom. The zero-order valence-corrected chi connectivity index (χ0v) is 19.2. The molecule has 0 atom stereocenters. The minimum absolute atomic E-state index is 0.112. The Kier molecular flexibility index (Phi) is 7.51. The Balaban J connectivity index is 1.30. The zero-order chi connectivity index (χ0) is 23.9. The van der Waals surface area contributed by atoms with Gasteiger partial charge in [-0.15, -0.1) is 0 Å². The first-order chi connectivity index (χ1) is 16.5. The molecular weight excluding hydrogens is 481 g/mol. The van der Waals surface area contributed by atoms with Crippen LogP contribution in [0.15, 0.2) is 65.8 Å². The molecule has 0 spiro atoms. The van der Waals surface area contributed by atoms with Gasteiger partial charge in [0.1, 0.15) is 12.4 Å². The second kappa shape index (κ2) is 10.9. The van der Waals surface area contributed by atoms with Crippen molar-refractivity contribution in [2.45, 2.75) is 6.61 Å². The van der Waals surface area contributed by atoms with E-state index in [1.807, 2.05) is 18.2 Å². The van der Waals surface area contributed by atoms with Crippen LogP contribution in [0.4, 0.5) is 0 Å². The van der Waals surface area contributed by atoms with Crippen molar-refractivity contribution >= 4 is 41.2 Å². The second-order valence-corrected chi connectivity index (χ2v) is 8.02. The molecule has 1 aliphatic heterocycles. The highest BCUT2D eigenvalue weighted by molar-refractivity contribution is 6.31. The first-order valence-corrected chi connectivity index (χ1v) is 10.9. The van der Waals surface area contributed by atoms with E-state index in [0.29, 0.717) is 45.0 Å². The van der Waals surface area contributed by atoms with Gasteiger partial charge in [-0.25, -0.2) is 5.43 Å². The highest BCUT2D eigenvalue weighted by Gasteiger charge is 2.16. The molecular formula is C24H19Cl2N3O5. The van der Waals surface area contributed by atoms with Crippen molar-refractivity contribution in [3.63, 3.8) is 0 Å². The second-order valence-electron chi connectivity index (χ2n) is 7.14. The average Bonchev–Trinajstić information content (AvgIpc) is 3.30. The van der Waals surface area contributed by atoms with E-state index in [0.717, 1.165) is 5.56 Å². The van der Waals surface area contributed by atoms with Gasteiger partial charge in [-0.2, -0.15) is 5.10 Å². The predicted molar refractivity (Wildman–Crippen MR) is 128 cm³/mol. The first-order valence-electron chi connectivity index (χ1n) is 10.1. The Bertz CT molecular complexity index is 1250. The van der Waals surface area contributed by atoms with E-state index in [9.17, 15) is 9.59 Å². The normalized spacial score (nSPS) is 11.9. The third-order valence-electron chi connectivity index (χ3n) is 4.69. The molecule has 34 heavy (non-hydrogen) atoms. The highest BCUT2D eigenvalue weighted by atomic mass is 35.5. The fourth-order valence-corrected chi connectivity index (χ4v) is 3.45. The summed E-state index contributed by atoms with van der Waals surface area (Å²) in [6, 6.07) is 17.2. The average molecular weight is 500 g/mol. The maximum absolute atomic E-state index is 12.3. The van der Waals surface area contributed by atoms with Crippen LogP contribution in [0.5, 0.6) is 17.2 Å². The molecule has 0 saturated carbocycles. The lowest BCUT2D eigenvalue weighted by atomic mass is 10.2. The molecule has 1 heterocycles. The quantitative estimate of drug-likeness (QED) is 0.357. The van der Waals surface area contributed by atoms with E-state index in [2.05, 4.69) is 15.8 Å². The lowest BCUT2D eigenvalue weighted by Crippen LogP contribution is -2.34. The first kappa shape index (κ1) is 23.4. The van der Waals surface area contributed by atoms with Crippen molar-refractivity contribution in [3.05, 3.63) is 87.4 Å². The van der Waals surface area contributed by atoms with Crippen LogP contribution in [0.25, 0.3) is 0 Å². The van der Waals surface area contributed by atoms with Gasteiger partial charge in [0.05, 0.1) is 12.8 Å². The summed E-state index contributed by atoms with van der Waals surface area (Å²) in [5.74, 6) is 0.647. The van der Waals surface area contributed by atoms with Crippen LogP contribution in [-0.4, -0.2) is 31.4 Å². The van der Waals surface area contributed by atoms with Gasteiger partial charge in [-0.1, -0.05) is 35.3 Å². The number of carbonyl (C=O) groups excluding carboxylic acids is 2. The van der Waals surface area contributed by atoms with Crippen LogP contribution in [-0.2, 0) is 11.4 Å². The lowest BCUT2D eigenvalue weighted by molar-refractivity contribution is -0.120. The molecule has 2 amide bonds. The molecule has 10 heteroatoms. The molecule has 8 nitrogen and oxygen atoms in total. The third-order valence-corrected chi connectivity index (χ3v) is 5.16. The Labute approximate surface area is 205 Å². The topological polar surface area (TPSA) is 98.3 Å². The van der Waals surface area contributed by atoms with Crippen LogP contribution in [0.3, 0.4) is 0 Å². The van der Waals surface area contributed by atoms with Gasteiger partial charge in [0.2, 0.25) is 6.79 Å². The Morgan fingerprint density at radius 3 is 2.68 bits per heavy atom. The molecule has 0 fully saturated rings. The van der Waals surface area contributed by atoms with Crippen LogP contribution in [0.1, 0.15) is 21.5 Å². The van der Waals surface area contributed by atoms with Gasteiger partial charge in [0.15, 0.2) is 11.5 Å². The van der Waals surface area contributed by atoms with Gasteiger partial charge in [0.25, 0.3) is 11.8 Å². The van der Waals surface area contributed by atoms with Crippen LogP contribution in [0.2, 0.25) is 10.0 Å². The maximum Gasteiger partial charge on any atom is 0.259 e.